The molecular formula is C8H15F3N2O. The van der Waals surface area contributed by atoms with Gasteiger partial charge >= 0.3 is 6.18 Å². The van der Waals surface area contributed by atoms with Gasteiger partial charge in [-0.3, -0.25) is 4.90 Å². The first-order valence-corrected chi connectivity index (χ1v) is 4.55. The maximum absolute atomic E-state index is 12.4. The fourth-order valence-electron chi connectivity index (χ4n) is 1.73. The van der Waals surface area contributed by atoms with Crippen molar-refractivity contribution in [2.75, 3.05) is 19.6 Å². The van der Waals surface area contributed by atoms with Gasteiger partial charge in [-0.25, -0.2) is 0 Å². The molecule has 1 saturated heterocycles. The van der Waals surface area contributed by atoms with Crippen molar-refractivity contribution >= 4 is 0 Å². The molecule has 1 aliphatic heterocycles. The van der Waals surface area contributed by atoms with E-state index in [-0.39, 0.29) is 19.0 Å². The zero-order valence-corrected chi connectivity index (χ0v) is 7.96. The van der Waals surface area contributed by atoms with Crippen molar-refractivity contribution in [2.45, 2.75) is 25.2 Å². The summed E-state index contributed by atoms with van der Waals surface area (Å²) >= 11 is 0. The van der Waals surface area contributed by atoms with E-state index < -0.39 is 24.9 Å². The maximum atomic E-state index is 12.4. The highest BCUT2D eigenvalue weighted by Gasteiger charge is 2.45. The summed E-state index contributed by atoms with van der Waals surface area (Å²) in [5.74, 6) is -0.119. The Bertz CT molecular complexity index is 188. The Labute approximate surface area is 80.7 Å². The predicted octanol–water partition coefficient (Wildman–Crippen LogP) is 0.189. The molecule has 0 aromatic heterocycles. The lowest BCUT2D eigenvalue weighted by Crippen LogP contribution is -2.49. The molecule has 3 nitrogen and oxygen atoms in total. The minimum atomic E-state index is -4.31. The second kappa shape index (κ2) is 4.04. The molecule has 0 bridgehead atoms. The Balaban J connectivity index is 2.64. The van der Waals surface area contributed by atoms with E-state index in [0.717, 1.165) is 0 Å². The molecule has 3 unspecified atom stereocenters. The van der Waals surface area contributed by atoms with Crippen LogP contribution in [0.5, 0.6) is 0 Å². The molecule has 1 heterocycles. The van der Waals surface area contributed by atoms with E-state index in [0.29, 0.717) is 0 Å². The molecule has 0 spiro atoms. The zero-order valence-electron chi connectivity index (χ0n) is 7.96. The lowest BCUT2D eigenvalue weighted by atomic mass is 10.1. The van der Waals surface area contributed by atoms with Crippen LogP contribution < -0.4 is 5.73 Å². The van der Waals surface area contributed by atoms with Crippen LogP contribution in [0.25, 0.3) is 0 Å². The molecule has 6 heteroatoms. The topological polar surface area (TPSA) is 49.5 Å². The molecule has 0 saturated carbocycles. The number of nitrogens with two attached hydrogens (primary N) is 1. The Hall–Kier alpha value is -0.330. The van der Waals surface area contributed by atoms with Crippen LogP contribution in [-0.4, -0.2) is 48.0 Å². The van der Waals surface area contributed by atoms with Crippen LogP contribution in [0.1, 0.15) is 6.92 Å². The predicted molar refractivity (Wildman–Crippen MR) is 45.6 cm³/mol. The number of likely N-dealkylation sites (tertiary alicyclic amines) is 1. The smallest absolute Gasteiger partial charge is 0.391 e. The maximum Gasteiger partial charge on any atom is 0.405 e. The number of rotatable bonds is 2. The van der Waals surface area contributed by atoms with E-state index in [2.05, 4.69) is 0 Å². The van der Waals surface area contributed by atoms with E-state index in [1.807, 2.05) is 0 Å². The van der Waals surface area contributed by atoms with Gasteiger partial charge in [0.2, 0.25) is 0 Å². The minimum absolute atomic E-state index is 0.0581. The lowest BCUT2D eigenvalue weighted by Gasteiger charge is -2.28. The summed E-state index contributed by atoms with van der Waals surface area (Å²) in [7, 11) is 0. The number of halogens is 3. The minimum Gasteiger partial charge on any atom is -0.391 e. The van der Waals surface area contributed by atoms with Crippen molar-refractivity contribution in [1.29, 1.82) is 0 Å². The monoisotopic (exact) mass is 212 g/mol. The van der Waals surface area contributed by atoms with Crippen LogP contribution in [0.3, 0.4) is 0 Å². The molecule has 3 atom stereocenters. The number of alkyl halides is 3. The van der Waals surface area contributed by atoms with Gasteiger partial charge in [-0.1, -0.05) is 6.92 Å². The number of aliphatic hydroxyl groups is 1. The van der Waals surface area contributed by atoms with Crippen molar-refractivity contribution < 1.29 is 18.3 Å². The normalized spacial score (nSPS) is 32.1. The van der Waals surface area contributed by atoms with Crippen molar-refractivity contribution in [2.24, 2.45) is 11.7 Å². The molecule has 14 heavy (non-hydrogen) atoms. The van der Waals surface area contributed by atoms with E-state index in [1.54, 1.807) is 6.92 Å². The molecule has 0 amide bonds. The van der Waals surface area contributed by atoms with Crippen LogP contribution in [0.2, 0.25) is 0 Å². The van der Waals surface area contributed by atoms with Gasteiger partial charge in [0, 0.05) is 19.6 Å². The average molecular weight is 212 g/mol. The summed E-state index contributed by atoms with van der Waals surface area (Å²) in [6.45, 7) is 1.59. The highest BCUT2D eigenvalue weighted by atomic mass is 19.4. The summed E-state index contributed by atoms with van der Waals surface area (Å²) < 4.78 is 37.3. The Morgan fingerprint density at radius 1 is 1.50 bits per heavy atom. The SMILES string of the molecule is CC1CN(C(CN)C(F)(F)F)CC1O. The summed E-state index contributed by atoms with van der Waals surface area (Å²) in [4.78, 5) is 1.20. The third-order valence-electron chi connectivity index (χ3n) is 2.64. The molecule has 0 aliphatic carbocycles. The van der Waals surface area contributed by atoms with Crippen molar-refractivity contribution in [3.8, 4) is 0 Å². The molecule has 1 rings (SSSR count). The number of aliphatic hydroxyl groups excluding tert-OH is 1. The molecule has 0 radical (unpaired) electrons. The van der Waals surface area contributed by atoms with Gasteiger partial charge in [0.1, 0.15) is 6.04 Å². The van der Waals surface area contributed by atoms with E-state index >= 15 is 0 Å². The Kier molecular flexibility index (Phi) is 3.39. The number of nitrogens with zero attached hydrogens (tertiary/aromatic N) is 1. The van der Waals surface area contributed by atoms with Crippen LogP contribution in [0.4, 0.5) is 13.2 Å². The molecule has 1 fully saturated rings. The van der Waals surface area contributed by atoms with E-state index in [4.69, 9.17) is 5.73 Å². The molecule has 1 aliphatic rings. The standard InChI is InChI=1S/C8H15F3N2O/c1-5-3-13(4-6(5)14)7(2-12)8(9,10)11/h5-7,14H,2-4,12H2,1H3. The second-order valence-corrected chi connectivity index (χ2v) is 3.79. The quantitative estimate of drug-likeness (QED) is 0.687. The lowest BCUT2D eigenvalue weighted by molar-refractivity contribution is -0.179. The number of hydrogen-bond donors (Lipinski definition) is 2. The first-order chi connectivity index (χ1) is 6.36. The first-order valence-electron chi connectivity index (χ1n) is 4.55. The average Bonchev–Trinajstić information content (AvgIpc) is 2.30. The van der Waals surface area contributed by atoms with Gasteiger partial charge in [0.25, 0.3) is 0 Å². The van der Waals surface area contributed by atoms with Gasteiger partial charge in [-0.2, -0.15) is 13.2 Å². The Morgan fingerprint density at radius 2 is 2.07 bits per heavy atom. The summed E-state index contributed by atoms with van der Waals surface area (Å²) in [6, 6.07) is -1.62. The highest BCUT2D eigenvalue weighted by molar-refractivity contribution is 4.89. The summed E-state index contributed by atoms with van der Waals surface area (Å²) in [5, 5.41) is 9.33. The van der Waals surface area contributed by atoms with Gasteiger partial charge in [-0.05, 0) is 5.92 Å². The third-order valence-corrected chi connectivity index (χ3v) is 2.64. The second-order valence-electron chi connectivity index (χ2n) is 3.79. The van der Waals surface area contributed by atoms with Gasteiger partial charge in [0.15, 0.2) is 0 Å². The summed E-state index contributed by atoms with van der Waals surface area (Å²) in [6.07, 6.45) is -4.98. The van der Waals surface area contributed by atoms with E-state index in [1.165, 1.54) is 4.90 Å². The van der Waals surface area contributed by atoms with Gasteiger partial charge in [-0.15, -0.1) is 0 Å². The first kappa shape index (κ1) is 11.7. The Morgan fingerprint density at radius 3 is 2.36 bits per heavy atom. The molecule has 84 valence electrons. The third kappa shape index (κ3) is 2.37. The zero-order chi connectivity index (χ0) is 10.9. The fourth-order valence-corrected chi connectivity index (χ4v) is 1.73. The van der Waals surface area contributed by atoms with Crippen molar-refractivity contribution in [3.63, 3.8) is 0 Å². The number of β-amino-alcohol motifs (C(OH)–C–C–N with tert-alkyl or cyclic N) is 1. The molecule has 0 aromatic rings. The summed E-state index contributed by atoms with van der Waals surface area (Å²) in [5.41, 5.74) is 5.09. The van der Waals surface area contributed by atoms with Gasteiger partial charge in [0.05, 0.1) is 6.10 Å². The van der Waals surface area contributed by atoms with Crippen LogP contribution in [0.15, 0.2) is 0 Å². The molecular weight excluding hydrogens is 197 g/mol. The van der Waals surface area contributed by atoms with Crippen molar-refractivity contribution in [1.82, 2.24) is 4.90 Å². The highest BCUT2D eigenvalue weighted by Crippen LogP contribution is 2.28. The number of hydrogen-bond acceptors (Lipinski definition) is 3. The fraction of sp³-hybridized carbons (Fsp3) is 1.00. The van der Waals surface area contributed by atoms with Crippen LogP contribution in [0, 0.1) is 5.92 Å². The largest absolute Gasteiger partial charge is 0.405 e. The van der Waals surface area contributed by atoms with Crippen molar-refractivity contribution in [3.05, 3.63) is 0 Å². The van der Waals surface area contributed by atoms with Crippen LogP contribution >= 0.6 is 0 Å². The van der Waals surface area contributed by atoms with Gasteiger partial charge < -0.3 is 10.8 Å². The van der Waals surface area contributed by atoms with Crippen LogP contribution in [-0.2, 0) is 0 Å². The van der Waals surface area contributed by atoms with E-state index in [9.17, 15) is 18.3 Å². The molecule has 0 aromatic carbocycles. The molecule has 3 N–H and O–H groups in total.